The molecule has 0 aliphatic heterocycles. The Morgan fingerprint density at radius 1 is 1.06 bits per heavy atom. The van der Waals surface area contributed by atoms with Gasteiger partial charge < -0.3 is 10.1 Å². The molecule has 1 N–H and O–H groups in total. The van der Waals surface area contributed by atoms with Gasteiger partial charge in [0.05, 0.1) is 23.6 Å². The van der Waals surface area contributed by atoms with Crippen molar-refractivity contribution in [3.8, 4) is 5.75 Å². The van der Waals surface area contributed by atoms with Crippen molar-refractivity contribution in [1.82, 2.24) is 19.5 Å². The monoisotopic (exact) mass is 453 g/mol. The van der Waals surface area contributed by atoms with Crippen LogP contribution in [0, 0.1) is 0 Å². The van der Waals surface area contributed by atoms with Crippen LogP contribution >= 0.6 is 23.4 Å². The molecule has 1 amide bonds. The summed E-state index contributed by atoms with van der Waals surface area (Å²) in [5, 5.41) is 12.6. The Morgan fingerprint density at radius 2 is 1.81 bits per heavy atom. The number of hydrogen-bond donors (Lipinski definition) is 1. The van der Waals surface area contributed by atoms with Crippen molar-refractivity contribution in [2.75, 3.05) is 18.2 Å². The first-order chi connectivity index (χ1) is 15.1. The SMILES string of the molecule is COc1ccc(Cc2nnc(SCC(=O)Nc3ccccc3Cl)n2-n2cccc2)cc1. The lowest BCUT2D eigenvalue weighted by molar-refractivity contribution is -0.113. The maximum absolute atomic E-state index is 12.4. The molecule has 31 heavy (non-hydrogen) atoms. The van der Waals surface area contributed by atoms with Crippen LogP contribution in [0.4, 0.5) is 5.69 Å². The van der Waals surface area contributed by atoms with Crippen molar-refractivity contribution in [2.24, 2.45) is 0 Å². The fourth-order valence-corrected chi connectivity index (χ4v) is 3.93. The number of thioether (sulfide) groups is 1. The molecule has 9 heteroatoms. The summed E-state index contributed by atoms with van der Waals surface area (Å²) in [7, 11) is 1.64. The number of carbonyl (C=O) groups is 1. The molecule has 7 nitrogen and oxygen atoms in total. The minimum atomic E-state index is -0.170. The fourth-order valence-electron chi connectivity index (χ4n) is 2.99. The highest BCUT2D eigenvalue weighted by Crippen LogP contribution is 2.23. The molecular weight excluding hydrogens is 434 g/mol. The number of anilines is 1. The highest BCUT2D eigenvalue weighted by Gasteiger charge is 2.16. The normalized spacial score (nSPS) is 10.8. The summed E-state index contributed by atoms with van der Waals surface area (Å²) in [6, 6.07) is 18.8. The Hall–Kier alpha value is -3.23. The topological polar surface area (TPSA) is 74.0 Å². The van der Waals surface area contributed by atoms with Crippen LogP contribution in [0.1, 0.15) is 11.4 Å². The van der Waals surface area contributed by atoms with E-state index in [1.54, 1.807) is 19.2 Å². The van der Waals surface area contributed by atoms with E-state index in [2.05, 4.69) is 15.5 Å². The van der Waals surface area contributed by atoms with E-state index in [0.29, 0.717) is 22.3 Å². The van der Waals surface area contributed by atoms with Crippen molar-refractivity contribution < 1.29 is 9.53 Å². The Labute approximate surface area is 189 Å². The predicted molar refractivity (Wildman–Crippen MR) is 122 cm³/mol. The predicted octanol–water partition coefficient (Wildman–Crippen LogP) is 4.37. The second-order valence-corrected chi connectivity index (χ2v) is 7.96. The van der Waals surface area contributed by atoms with Gasteiger partial charge in [0.15, 0.2) is 5.82 Å². The molecule has 4 aromatic rings. The van der Waals surface area contributed by atoms with Gasteiger partial charge in [-0.25, -0.2) is 4.68 Å². The highest BCUT2D eigenvalue weighted by atomic mass is 35.5. The Morgan fingerprint density at radius 3 is 2.52 bits per heavy atom. The van der Waals surface area contributed by atoms with Crippen molar-refractivity contribution in [2.45, 2.75) is 11.6 Å². The van der Waals surface area contributed by atoms with Crippen LogP contribution in [0.5, 0.6) is 5.75 Å². The van der Waals surface area contributed by atoms with Gasteiger partial charge in [-0.15, -0.1) is 10.2 Å². The summed E-state index contributed by atoms with van der Waals surface area (Å²) in [6.45, 7) is 0. The number of nitrogens with zero attached hydrogens (tertiary/aromatic N) is 4. The zero-order valence-corrected chi connectivity index (χ0v) is 18.3. The zero-order chi connectivity index (χ0) is 21.6. The number of rotatable bonds is 8. The van der Waals surface area contributed by atoms with Gasteiger partial charge in [0.25, 0.3) is 0 Å². The average Bonchev–Trinajstić information content (AvgIpc) is 3.44. The zero-order valence-electron chi connectivity index (χ0n) is 16.7. The molecule has 2 aromatic heterocycles. The molecule has 0 aliphatic rings. The molecule has 0 spiro atoms. The lowest BCUT2D eigenvalue weighted by Gasteiger charge is -2.12. The molecule has 0 bridgehead atoms. The lowest BCUT2D eigenvalue weighted by Crippen LogP contribution is -2.16. The minimum absolute atomic E-state index is 0.170. The molecule has 0 fully saturated rings. The second kappa shape index (κ2) is 9.72. The third kappa shape index (κ3) is 5.10. The number of halogens is 1. The van der Waals surface area contributed by atoms with Crippen molar-refractivity contribution >= 4 is 35.0 Å². The molecule has 4 rings (SSSR count). The van der Waals surface area contributed by atoms with Crippen molar-refractivity contribution in [3.05, 3.63) is 89.5 Å². The summed E-state index contributed by atoms with van der Waals surface area (Å²) < 4.78 is 9.02. The highest BCUT2D eigenvalue weighted by molar-refractivity contribution is 7.99. The fraction of sp³-hybridized carbons (Fsp3) is 0.136. The van der Waals surface area contributed by atoms with Gasteiger partial charge in [-0.2, -0.15) is 0 Å². The van der Waals surface area contributed by atoms with E-state index in [-0.39, 0.29) is 11.7 Å². The molecule has 158 valence electrons. The third-order valence-electron chi connectivity index (χ3n) is 4.50. The lowest BCUT2D eigenvalue weighted by atomic mass is 10.1. The van der Waals surface area contributed by atoms with Crippen LogP contribution in [0.15, 0.2) is 78.2 Å². The molecule has 0 saturated heterocycles. The Kier molecular flexibility index (Phi) is 6.59. The van der Waals surface area contributed by atoms with E-state index in [1.807, 2.05) is 70.3 Å². The summed E-state index contributed by atoms with van der Waals surface area (Å²) in [6.07, 6.45) is 4.41. The number of hydrogen-bond acceptors (Lipinski definition) is 5. The van der Waals surface area contributed by atoms with E-state index < -0.39 is 0 Å². The molecule has 0 unspecified atom stereocenters. The van der Waals surface area contributed by atoms with E-state index >= 15 is 0 Å². The number of para-hydroxylation sites is 1. The first kappa shape index (κ1) is 21.0. The summed E-state index contributed by atoms with van der Waals surface area (Å²) in [4.78, 5) is 12.4. The molecular formula is C22H20ClN5O2S. The van der Waals surface area contributed by atoms with E-state index in [4.69, 9.17) is 16.3 Å². The van der Waals surface area contributed by atoms with E-state index in [0.717, 1.165) is 17.1 Å². The molecule has 0 saturated carbocycles. The Balaban J connectivity index is 1.51. The van der Waals surface area contributed by atoms with Gasteiger partial charge in [0, 0.05) is 18.8 Å². The molecule has 2 aromatic carbocycles. The first-order valence-electron chi connectivity index (χ1n) is 9.52. The number of amides is 1. The van der Waals surface area contributed by atoms with E-state index in [9.17, 15) is 4.79 Å². The van der Waals surface area contributed by atoms with Gasteiger partial charge in [-0.1, -0.05) is 47.6 Å². The largest absolute Gasteiger partial charge is 0.497 e. The molecule has 0 aliphatic carbocycles. The number of aromatic nitrogens is 4. The van der Waals surface area contributed by atoms with Crippen LogP contribution in [0.25, 0.3) is 0 Å². The number of carbonyl (C=O) groups excluding carboxylic acids is 1. The van der Waals surface area contributed by atoms with Crippen LogP contribution < -0.4 is 10.1 Å². The van der Waals surface area contributed by atoms with Crippen LogP contribution in [0.2, 0.25) is 5.02 Å². The average molecular weight is 454 g/mol. The van der Waals surface area contributed by atoms with Gasteiger partial charge in [0.1, 0.15) is 5.75 Å². The smallest absolute Gasteiger partial charge is 0.234 e. The maximum atomic E-state index is 12.4. The molecule has 0 atom stereocenters. The van der Waals surface area contributed by atoms with Crippen molar-refractivity contribution in [1.29, 1.82) is 0 Å². The summed E-state index contributed by atoms with van der Waals surface area (Å²) >= 11 is 7.43. The van der Waals surface area contributed by atoms with E-state index in [1.165, 1.54) is 11.8 Å². The third-order valence-corrected chi connectivity index (χ3v) is 5.75. The van der Waals surface area contributed by atoms with Gasteiger partial charge in [-0.05, 0) is 42.0 Å². The standard InChI is InChI=1S/C22H20ClN5O2S/c1-30-17-10-8-16(9-11-17)14-20-25-26-22(28(20)27-12-4-5-13-27)31-15-21(29)24-19-7-3-2-6-18(19)23/h2-13H,14-15H2,1H3,(H,24,29). The Bertz CT molecular complexity index is 1160. The van der Waals surface area contributed by atoms with Gasteiger partial charge in [0.2, 0.25) is 11.1 Å². The van der Waals surface area contributed by atoms with Gasteiger partial charge >= 0.3 is 0 Å². The van der Waals surface area contributed by atoms with Crippen LogP contribution in [0.3, 0.4) is 0 Å². The van der Waals surface area contributed by atoms with Crippen LogP contribution in [-0.4, -0.2) is 38.3 Å². The quantitative estimate of drug-likeness (QED) is 0.401. The number of benzene rings is 2. The van der Waals surface area contributed by atoms with Crippen molar-refractivity contribution in [3.63, 3.8) is 0 Å². The summed E-state index contributed by atoms with van der Waals surface area (Å²) in [5.74, 6) is 1.57. The van der Waals surface area contributed by atoms with Crippen LogP contribution in [-0.2, 0) is 11.2 Å². The number of nitrogens with one attached hydrogen (secondary N) is 1. The molecule has 0 radical (unpaired) electrons. The maximum Gasteiger partial charge on any atom is 0.234 e. The minimum Gasteiger partial charge on any atom is -0.497 e. The number of methoxy groups -OCH3 is 1. The second-order valence-electron chi connectivity index (χ2n) is 6.62. The summed E-state index contributed by atoms with van der Waals surface area (Å²) in [5.41, 5.74) is 1.66. The first-order valence-corrected chi connectivity index (χ1v) is 10.9. The molecule has 2 heterocycles. The number of ether oxygens (including phenoxy) is 1. The van der Waals surface area contributed by atoms with Gasteiger partial charge in [-0.3, -0.25) is 9.47 Å².